The first-order chi connectivity index (χ1) is 6.75. The summed E-state index contributed by atoms with van der Waals surface area (Å²) in [5, 5.41) is 13.3. The highest BCUT2D eigenvalue weighted by Gasteiger charge is 2.24. The summed E-state index contributed by atoms with van der Waals surface area (Å²) < 4.78 is 0. The van der Waals surface area contributed by atoms with Gasteiger partial charge in [0.1, 0.15) is 5.15 Å². The number of aromatic nitrogens is 1. The molecule has 2 unspecified atom stereocenters. The van der Waals surface area contributed by atoms with Crippen LogP contribution in [0.25, 0.3) is 0 Å². The molecule has 1 saturated carbocycles. The van der Waals surface area contributed by atoms with Crippen LogP contribution in [0.4, 0.5) is 5.69 Å². The molecular formula is C10H13ClN2O. The first-order valence-corrected chi connectivity index (χ1v) is 5.19. The number of aliphatic hydroxyl groups is 1. The fraction of sp³-hybridized carbons (Fsp3) is 0.500. The largest absolute Gasteiger partial charge is 0.391 e. The summed E-state index contributed by atoms with van der Waals surface area (Å²) >= 11 is 5.75. The number of nitrogens with zero attached hydrogens (tertiary/aromatic N) is 1. The number of aliphatic hydroxyl groups excluding tert-OH is 1. The molecule has 0 bridgehead atoms. The zero-order chi connectivity index (χ0) is 9.97. The Kier molecular flexibility index (Phi) is 2.89. The van der Waals surface area contributed by atoms with Crippen LogP contribution in [0.3, 0.4) is 0 Å². The molecule has 1 aliphatic rings. The molecule has 2 atom stereocenters. The quantitative estimate of drug-likeness (QED) is 0.738. The van der Waals surface area contributed by atoms with Gasteiger partial charge in [-0.15, -0.1) is 0 Å². The molecule has 0 aromatic carbocycles. The predicted octanol–water partition coefficient (Wildman–Crippen LogP) is 2.06. The summed E-state index contributed by atoms with van der Waals surface area (Å²) in [7, 11) is 0. The van der Waals surface area contributed by atoms with Crippen LogP contribution in [-0.4, -0.2) is 22.2 Å². The Balaban J connectivity index is 2.03. The van der Waals surface area contributed by atoms with Crippen LogP contribution in [0, 0.1) is 0 Å². The number of hydrogen-bond donors (Lipinski definition) is 2. The van der Waals surface area contributed by atoms with Gasteiger partial charge in [0.05, 0.1) is 12.1 Å². The standard InChI is InChI=1S/C10H13ClN2O/c11-10-6-7(4-5-12-10)13-8-2-1-3-9(8)14/h4-6,8-9,14H,1-3H2,(H,12,13). The fourth-order valence-corrected chi connectivity index (χ4v) is 1.99. The zero-order valence-corrected chi connectivity index (χ0v) is 8.54. The molecule has 0 spiro atoms. The van der Waals surface area contributed by atoms with Crippen molar-refractivity contribution < 1.29 is 5.11 Å². The molecule has 2 rings (SSSR count). The van der Waals surface area contributed by atoms with Gasteiger partial charge in [-0.3, -0.25) is 0 Å². The highest BCUT2D eigenvalue weighted by atomic mass is 35.5. The minimum atomic E-state index is -0.234. The average molecular weight is 213 g/mol. The number of hydrogen-bond acceptors (Lipinski definition) is 3. The Bertz CT molecular complexity index is 319. The maximum Gasteiger partial charge on any atom is 0.131 e. The first-order valence-electron chi connectivity index (χ1n) is 4.82. The van der Waals surface area contributed by atoms with Crippen molar-refractivity contribution in [1.29, 1.82) is 0 Å². The Morgan fingerprint density at radius 1 is 1.50 bits per heavy atom. The summed E-state index contributed by atoms with van der Waals surface area (Å²) in [5.74, 6) is 0. The summed E-state index contributed by atoms with van der Waals surface area (Å²) in [6.45, 7) is 0. The Morgan fingerprint density at radius 3 is 3.00 bits per heavy atom. The molecule has 1 fully saturated rings. The molecule has 0 saturated heterocycles. The van der Waals surface area contributed by atoms with Gasteiger partial charge in [0.15, 0.2) is 0 Å². The lowest BCUT2D eigenvalue weighted by molar-refractivity contribution is 0.172. The molecule has 1 heterocycles. The van der Waals surface area contributed by atoms with Gasteiger partial charge in [0.25, 0.3) is 0 Å². The van der Waals surface area contributed by atoms with Crippen molar-refractivity contribution >= 4 is 17.3 Å². The van der Waals surface area contributed by atoms with E-state index < -0.39 is 0 Å². The lowest BCUT2D eigenvalue weighted by atomic mass is 10.2. The van der Waals surface area contributed by atoms with Crippen LogP contribution in [-0.2, 0) is 0 Å². The minimum absolute atomic E-state index is 0.161. The summed E-state index contributed by atoms with van der Waals surface area (Å²) in [6, 6.07) is 3.79. The van der Waals surface area contributed by atoms with Crippen LogP contribution in [0.5, 0.6) is 0 Å². The third-order valence-corrected chi connectivity index (χ3v) is 2.76. The lowest BCUT2D eigenvalue weighted by Gasteiger charge is -2.17. The molecule has 0 amide bonds. The Hall–Kier alpha value is -0.800. The molecular weight excluding hydrogens is 200 g/mol. The first kappa shape index (κ1) is 9.74. The molecule has 1 aromatic heterocycles. The van der Waals surface area contributed by atoms with E-state index in [0.717, 1.165) is 24.9 Å². The second-order valence-corrected chi connectivity index (χ2v) is 4.00. The average Bonchev–Trinajstić information content (AvgIpc) is 2.52. The fourth-order valence-electron chi connectivity index (χ4n) is 1.82. The molecule has 2 N–H and O–H groups in total. The van der Waals surface area contributed by atoms with Gasteiger partial charge in [0.2, 0.25) is 0 Å². The van der Waals surface area contributed by atoms with Crippen molar-refractivity contribution in [3.05, 3.63) is 23.5 Å². The summed E-state index contributed by atoms with van der Waals surface area (Å²) in [5.41, 5.74) is 0.927. The van der Waals surface area contributed by atoms with Crippen LogP contribution in [0.15, 0.2) is 18.3 Å². The zero-order valence-electron chi connectivity index (χ0n) is 7.78. The molecule has 1 aliphatic carbocycles. The summed E-state index contributed by atoms with van der Waals surface area (Å²) in [4.78, 5) is 3.90. The van der Waals surface area contributed by atoms with Gasteiger partial charge >= 0.3 is 0 Å². The summed E-state index contributed by atoms with van der Waals surface area (Å²) in [6.07, 6.45) is 4.41. The number of halogens is 1. The van der Waals surface area contributed by atoms with E-state index in [4.69, 9.17) is 11.6 Å². The van der Waals surface area contributed by atoms with E-state index >= 15 is 0 Å². The van der Waals surface area contributed by atoms with Gasteiger partial charge in [0, 0.05) is 11.9 Å². The van der Waals surface area contributed by atoms with Crippen LogP contribution < -0.4 is 5.32 Å². The van der Waals surface area contributed by atoms with E-state index in [-0.39, 0.29) is 12.1 Å². The third-order valence-electron chi connectivity index (χ3n) is 2.56. The topological polar surface area (TPSA) is 45.1 Å². The van der Waals surface area contributed by atoms with E-state index in [9.17, 15) is 5.11 Å². The van der Waals surface area contributed by atoms with E-state index in [2.05, 4.69) is 10.3 Å². The minimum Gasteiger partial charge on any atom is -0.391 e. The van der Waals surface area contributed by atoms with Crippen LogP contribution in [0.1, 0.15) is 19.3 Å². The van der Waals surface area contributed by atoms with Crippen LogP contribution in [0.2, 0.25) is 5.15 Å². The lowest BCUT2D eigenvalue weighted by Crippen LogP contribution is -2.27. The maximum atomic E-state index is 9.61. The van der Waals surface area contributed by atoms with Crippen molar-refractivity contribution in [2.75, 3.05) is 5.32 Å². The van der Waals surface area contributed by atoms with Gasteiger partial charge < -0.3 is 10.4 Å². The van der Waals surface area contributed by atoms with Crippen molar-refractivity contribution in [2.24, 2.45) is 0 Å². The molecule has 1 aromatic rings. The smallest absolute Gasteiger partial charge is 0.131 e. The molecule has 76 valence electrons. The van der Waals surface area contributed by atoms with Gasteiger partial charge in [-0.1, -0.05) is 11.6 Å². The second-order valence-electron chi connectivity index (χ2n) is 3.62. The third kappa shape index (κ3) is 2.16. The molecule has 0 radical (unpaired) electrons. The molecule has 4 heteroatoms. The predicted molar refractivity (Wildman–Crippen MR) is 56.5 cm³/mol. The van der Waals surface area contributed by atoms with Crippen LogP contribution >= 0.6 is 11.6 Å². The number of pyridine rings is 1. The normalized spacial score (nSPS) is 26.4. The number of anilines is 1. The molecule has 14 heavy (non-hydrogen) atoms. The Morgan fingerprint density at radius 2 is 2.36 bits per heavy atom. The highest BCUT2D eigenvalue weighted by Crippen LogP contribution is 2.23. The number of nitrogens with one attached hydrogen (secondary N) is 1. The van der Waals surface area contributed by atoms with Gasteiger partial charge in [-0.2, -0.15) is 0 Å². The monoisotopic (exact) mass is 212 g/mol. The van der Waals surface area contributed by atoms with Crippen molar-refractivity contribution in [1.82, 2.24) is 4.98 Å². The SMILES string of the molecule is OC1CCCC1Nc1ccnc(Cl)c1. The highest BCUT2D eigenvalue weighted by molar-refractivity contribution is 6.29. The van der Waals surface area contributed by atoms with Crippen molar-refractivity contribution in [3.63, 3.8) is 0 Å². The molecule has 3 nitrogen and oxygen atoms in total. The molecule has 0 aliphatic heterocycles. The van der Waals surface area contributed by atoms with E-state index in [1.807, 2.05) is 6.07 Å². The number of rotatable bonds is 2. The van der Waals surface area contributed by atoms with Gasteiger partial charge in [-0.05, 0) is 31.4 Å². The van der Waals surface area contributed by atoms with Crippen molar-refractivity contribution in [3.8, 4) is 0 Å². The van der Waals surface area contributed by atoms with E-state index in [1.165, 1.54) is 0 Å². The maximum absolute atomic E-state index is 9.61. The second kappa shape index (κ2) is 4.15. The van der Waals surface area contributed by atoms with Crippen molar-refractivity contribution in [2.45, 2.75) is 31.4 Å². The van der Waals surface area contributed by atoms with Gasteiger partial charge in [-0.25, -0.2) is 4.98 Å². The van der Waals surface area contributed by atoms with E-state index in [0.29, 0.717) is 5.15 Å². The Labute approximate surface area is 88.1 Å². The van der Waals surface area contributed by atoms with E-state index in [1.54, 1.807) is 12.3 Å².